The third kappa shape index (κ3) is 5.90. The Morgan fingerprint density at radius 3 is 2.35 bits per heavy atom. The Morgan fingerprint density at radius 1 is 1.05 bits per heavy atom. The Labute approximate surface area is 218 Å². The Bertz CT molecular complexity index is 1340. The van der Waals surface area contributed by atoms with Crippen LogP contribution in [0.15, 0.2) is 79.1 Å². The van der Waals surface area contributed by atoms with Crippen LogP contribution in [0.1, 0.15) is 21.5 Å². The lowest BCUT2D eigenvalue weighted by atomic mass is 10.0. The first kappa shape index (κ1) is 25.7. The van der Waals surface area contributed by atoms with Crippen molar-refractivity contribution in [2.45, 2.75) is 18.9 Å². The quantitative estimate of drug-likeness (QED) is 0.314. The Morgan fingerprint density at radius 2 is 1.73 bits per heavy atom. The number of hydrogen-bond donors (Lipinski definition) is 1. The molecule has 1 amide bonds. The van der Waals surface area contributed by atoms with Crippen molar-refractivity contribution in [2.24, 2.45) is 0 Å². The van der Waals surface area contributed by atoms with Crippen molar-refractivity contribution in [1.29, 1.82) is 0 Å². The summed E-state index contributed by atoms with van der Waals surface area (Å²) in [6.45, 7) is 0.409. The molecule has 0 saturated carbocycles. The van der Waals surface area contributed by atoms with Gasteiger partial charge in [0.25, 0.3) is 5.69 Å². The van der Waals surface area contributed by atoms with Gasteiger partial charge in [-0.2, -0.15) is 0 Å². The number of carboxylic acids is 1. The molecule has 37 heavy (non-hydrogen) atoms. The van der Waals surface area contributed by atoms with Crippen LogP contribution in [0.5, 0.6) is 5.75 Å². The van der Waals surface area contributed by atoms with E-state index in [4.69, 9.17) is 16.3 Å². The van der Waals surface area contributed by atoms with Crippen molar-refractivity contribution in [3.63, 3.8) is 0 Å². The van der Waals surface area contributed by atoms with Gasteiger partial charge in [-0.25, -0.2) is 4.79 Å². The Balaban J connectivity index is 1.66. The molecule has 3 aromatic rings. The maximum atomic E-state index is 13.7. The molecule has 0 aromatic heterocycles. The predicted molar refractivity (Wildman–Crippen MR) is 139 cm³/mol. The number of carbonyl (C=O) groups excluding carboxylic acids is 1. The molecule has 1 heterocycles. The molecule has 1 aliphatic rings. The second kappa shape index (κ2) is 11.1. The maximum absolute atomic E-state index is 13.7. The van der Waals surface area contributed by atoms with Crippen LogP contribution in [0, 0.1) is 10.1 Å². The summed E-state index contributed by atoms with van der Waals surface area (Å²) in [5.74, 6) is -0.767. The maximum Gasteiger partial charge on any atom is 0.335 e. The van der Waals surface area contributed by atoms with Crippen LogP contribution in [0.25, 0.3) is 0 Å². The van der Waals surface area contributed by atoms with E-state index in [0.717, 1.165) is 22.9 Å². The Kier molecular flexibility index (Phi) is 7.74. The highest BCUT2D eigenvalue weighted by molar-refractivity contribution is 6.30. The van der Waals surface area contributed by atoms with Gasteiger partial charge in [-0.3, -0.25) is 14.9 Å². The SMILES string of the molecule is COc1ccc(CCN2C=CN(c3ccc(C(=O)O)cc3[N+](=O)[O-])[C@@H](Cc3ccc(Cl)cc3)C2=O)cc1. The van der Waals surface area contributed by atoms with Gasteiger partial charge >= 0.3 is 5.97 Å². The molecule has 3 aromatic carbocycles. The van der Waals surface area contributed by atoms with E-state index in [0.29, 0.717) is 18.0 Å². The lowest BCUT2D eigenvalue weighted by Crippen LogP contribution is -2.50. The highest BCUT2D eigenvalue weighted by Gasteiger charge is 2.35. The number of benzene rings is 3. The molecule has 0 radical (unpaired) electrons. The normalized spacial score (nSPS) is 15.1. The minimum atomic E-state index is -1.28. The molecule has 0 spiro atoms. The molecule has 0 aliphatic carbocycles. The number of aromatic carboxylic acids is 1. The van der Waals surface area contributed by atoms with E-state index in [1.807, 2.05) is 24.3 Å². The number of rotatable bonds is 9. The van der Waals surface area contributed by atoms with Crippen LogP contribution in [0.3, 0.4) is 0 Å². The average molecular weight is 522 g/mol. The van der Waals surface area contributed by atoms with Crippen LogP contribution in [-0.4, -0.2) is 46.5 Å². The number of nitrogens with zero attached hydrogens (tertiary/aromatic N) is 3. The Hall–Kier alpha value is -4.37. The number of hydrogen-bond acceptors (Lipinski definition) is 6. The lowest BCUT2D eigenvalue weighted by molar-refractivity contribution is -0.384. The summed E-state index contributed by atoms with van der Waals surface area (Å²) < 4.78 is 5.19. The molecule has 0 bridgehead atoms. The molecular weight excluding hydrogens is 498 g/mol. The molecule has 1 atom stereocenters. The van der Waals surface area contributed by atoms with E-state index in [2.05, 4.69) is 0 Å². The van der Waals surface area contributed by atoms with E-state index >= 15 is 0 Å². The zero-order valence-electron chi connectivity index (χ0n) is 19.9. The number of carboxylic acid groups (broad SMARTS) is 1. The number of amides is 1. The third-order valence-corrected chi connectivity index (χ3v) is 6.40. The molecule has 4 rings (SSSR count). The van der Waals surface area contributed by atoms with Crippen LogP contribution in [0.4, 0.5) is 11.4 Å². The van der Waals surface area contributed by atoms with E-state index in [1.54, 1.807) is 48.7 Å². The molecule has 9 nitrogen and oxygen atoms in total. The zero-order valence-corrected chi connectivity index (χ0v) is 20.7. The first-order valence-electron chi connectivity index (χ1n) is 11.4. The van der Waals surface area contributed by atoms with E-state index in [9.17, 15) is 24.8 Å². The highest BCUT2D eigenvalue weighted by Crippen LogP contribution is 2.34. The minimum Gasteiger partial charge on any atom is -0.497 e. The summed E-state index contributed by atoms with van der Waals surface area (Å²) >= 11 is 6.02. The fourth-order valence-electron chi connectivity index (χ4n) is 4.17. The molecule has 0 fully saturated rings. The van der Waals surface area contributed by atoms with Crippen molar-refractivity contribution in [3.8, 4) is 5.75 Å². The van der Waals surface area contributed by atoms with Gasteiger partial charge in [0, 0.05) is 36.5 Å². The second-order valence-corrected chi connectivity index (χ2v) is 8.88. The van der Waals surface area contributed by atoms with Gasteiger partial charge in [0.2, 0.25) is 5.91 Å². The summed E-state index contributed by atoms with van der Waals surface area (Å²) in [6, 6.07) is 17.5. The fraction of sp³-hybridized carbons (Fsp3) is 0.185. The molecule has 10 heteroatoms. The number of halogens is 1. The molecule has 0 unspecified atom stereocenters. The van der Waals surface area contributed by atoms with Gasteiger partial charge in [-0.1, -0.05) is 35.9 Å². The smallest absolute Gasteiger partial charge is 0.335 e. The number of methoxy groups -OCH3 is 1. The molecule has 190 valence electrons. The molecular formula is C27H24ClN3O6. The van der Waals surface area contributed by atoms with Crippen molar-refractivity contribution < 1.29 is 24.4 Å². The van der Waals surface area contributed by atoms with E-state index in [-0.39, 0.29) is 23.6 Å². The summed E-state index contributed by atoms with van der Waals surface area (Å²) in [6.07, 6.45) is 4.08. The first-order chi connectivity index (χ1) is 17.8. The van der Waals surface area contributed by atoms with Crippen LogP contribution < -0.4 is 9.64 Å². The van der Waals surface area contributed by atoms with Gasteiger partial charge in [0.15, 0.2) is 0 Å². The van der Waals surface area contributed by atoms with Crippen molar-refractivity contribution in [1.82, 2.24) is 4.90 Å². The average Bonchev–Trinajstić information content (AvgIpc) is 2.90. The van der Waals surface area contributed by atoms with Crippen LogP contribution >= 0.6 is 11.6 Å². The van der Waals surface area contributed by atoms with Crippen LogP contribution in [0.2, 0.25) is 5.02 Å². The van der Waals surface area contributed by atoms with Gasteiger partial charge in [-0.05, 0) is 53.9 Å². The monoisotopic (exact) mass is 521 g/mol. The van der Waals surface area contributed by atoms with Crippen molar-refractivity contribution >= 4 is 34.9 Å². The number of ether oxygens (including phenoxy) is 1. The number of carbonyl (C=O) groups is 2. The predicted octanol–water partition coefficient (Wildman–Crippen LogP) is 4.93. The minimum absolute atomic E-state index is 0.133. The standard InChI is InChI=1S/C27H24ClN3O6/c1-37-22-9-4-18(5-10-22)12-13-29-14-15-30(23-11-6-20(27(33)34)17-24(23)31(35)36)25(26(29)32)16-19-2-7-21(28)8-3-19/h2-11,14-15,17,25H,12-13,16H2,1H3,(H,33,34)/t25-/m0/s1. The second-order valence-electron chi connectivity index (χ2n) is 8.45. The number of nitro benzene ring substituents is 1. The third-order valence-electron chi connectivity index (χ3n) is 6.15. The largest absolute Gasteiger partial charge is 0.497 e. The highest BCUT2D eigenvalue weighted by atomic mass is 35.5. The lowest BCUT2D eigenvalue weighted by Gasteiger charge is -2.37. The van der Waals surface area contributed by atoms with E-state index in [1.165, 1.54) is 17.0 Å². The van der Waals surface area contributed by atoms with Gasteiger partial charge in [-0.15, -0.1) is 0 Å². The summed E-state index contributed by atoms with van der Waals surface area (Å²) in [7, 11) is 1.60. The van der Waals surface area contributed by atoms with Gasteiger partial charge in [0.05, 0.1) is 17.6 Å². The van der Waals surface area contributed by atoms with Gasteiger partial charge < -0.3 is 19.6 Å². The number of anilines is 1. The van der Waals surface area contributed by atoms with Crippen LogP contribution in [-0.2, 0) is 17.6 Å². The summed E-state index contributed by atoms with van der Waals surface area (Å²) in [4.78, 5) is 39.4. The first-order valence-corrected chi connectivity index (χ1v) is 11.8. The molecule has 1 N–H and O–H groups in total. The van der Waals surface area contributed by atoms with E-state index < -0.39 is 22.6 Å². The summed E-state index contributed by atoms with van der Waals surface area (Å²) in [5.41, 5.74) is 1.37. The van der Waals surface area contributed by atoms with Gasteiger partial charge in [0.1, 0.15) is 17.5 Å². The number of nitro groups is 1. The van der Waals surface area contributed by atoms with Crippen molar-refractivity contribution in [2.75, 3.05) is 18.6 Å². The summed E-state index contributed by atoms with van der Waals surface area (Å²) in [5, 5.41) is 21.7. The molecule has 0 saturated heterocycles. The fourth-order valence-corrected chi connectivity index (χ4v) is 4.29. The molecule has 1 aliphatic heterocycles. The van der Waals surface area contributed by atoms with Crippen molar-refractivity contribution in [3.05, 3.63) is 111 Å². The zero-order chi connectivity index (χ0) is 26.5. The topological polar surface area (TPSA) is 113 Å².